The molecule has 0 aliphatic carbocycles. The topological polar surface area (TPSA) is 114 Å². The molecule has 3 rings (SSSR count). The van der Waals surface area contributed by atoms with Gasteiger partial charge in [0.1, 0.15) is 25.0 Å². The van der Waals surface area contributed by atoms with Crippen molar-refractivity contribution in [1.29, 1.82) is 0 Å². The summed E-state index contributed by atoms with van der Waals surface area (Å²) in [6.45, 7) is 6.74. The van der Waals surface area contributed by atoms with Crippen LogP contribution >= 0.6 is 0 Å². The Labute approximate surface area is 231 Å². The van der Waals surface area contributed by atoms with E-state index in [-0.39, 0.29) is 43.8 Å². The van der Waals surface area contributed by atoms with Gasteiger partial charge in [0.05, 0.1) is 19.1 Å². The van der Waals surface area contributed by atoms with Crippen LogP contribution in [0.25, 0.3) is 0 Å². The van der Waals surface area contributed by atoms with Crippen molar-refractivity contribution in [3.8, 4) is 17.2 Å². The van der Waals surface area contributed by atoms with E-state index in [4.69, 9.17) is 14.2 Å². The summed E-state index contributed by atoms with van der Waals surface area (Å²) in [5.74, 6) is 1.26. The third-order valence-corrected chi connectivity index (χ3v) is 7.84. The van der Waals surface area contributed by atoms with Gasteiger partial charge < -0.3 is 24.4 Å². The first-order chi connectivity index (χ1) is 18.5. The quantitative estimate of drug-likeness (QED) is 0.399. The number of carbonyl (C=O) groups excluding carboxylic acids is 2. The molecule has 2 amide bonds. The van der Waals surface area contributed by atoms with E-state index < -0.39 is 16.1 Å². The first kappa shape index (κ1) is 30.1. The highest BCUT2D eigenvalue weighted by atomic mass is 32.2. The van der Waals surface area contributed by atoms with E-state index in [2.05, 4.69) is 5.32 Å². The van der Waals surface area contributed by atoms with Gasteiger partial charge in [0, 0.05) is 31.6 Å². The van der Waals surface area contributed by atoms with Gasteiger partial charge in [-0.3, -0.25) is 13.9 Å². The van der Waals surface area contributed by atoms with Crippen molar-refractivity contribution in [3.05, 3.63) is 48.0 Å². The molecule has 10 nitrogen and oxygen atoms in total. The maximum atomic E-state index is 13.4. The van der Waals surface area contributed by atoms with Crippen LogP contribution in [0.3, 0.4) is 0 Å². The number of nitrogens with zero attached hydrogens (tertiary/aromatic N) is 2. The first-order valence-corrected chi connectivity index (χ1v) is 15.0. The molecule has 1 heterocycles. The van der Waals surface area contributed by atoms with Gasteiger partial charge in [0.25, 0.3) is 0 Å². The molecule has 2 aromatic rings. The molecular weight excluding hydrogens is 522 g/mol. The van der Waals surface area contributed by atoms with Gasteiger partial charge in [-0.2, -0.15) is 0 Å². The molecule has 0 saturated heterocycles. The molecule has 0 fully saturated rings. The van der Waals surface area contributed by atoms with E-state index >= 15 is 0 Å². The minimum absolute atomic E-state index is 0.0211. The number of carbonyl (C=O) groups is 2. The summed E-state index contributed by atoms with van der Waals surface area (Å²) in [6, 6.07) is 11.6. The maximum absolute atomic E-state index is 13.4. The van der Waals surface area contributed by atoms with Gasteiger partial charge >= 0.3 is 0 Å². The third kappa shape index (κ3) is 8.26. The number of hydrogen-bond acceptors (Lipinski definition) is 7. The van der Waals surface area contributed by atoms with Gasteiger partial charge in [0.2, 0.25) is 21.8 Å². The number of fused-ring (bicyclic) bond motifs is 1. The van der Waals surface area contributed by atoms with Crippen LogP contribution in [0.15, 0.2) is 42.5 Å². The van der Waals surface area contributed by atoms with Gasteiger partial charge in [-0.15, -0.1) is 0 Å². The lowest BCUT2D eigenvalue weighted by atomic mass is 10.1. The number of anilines is 1. The molecule has 0 spiro atoms. The Morgan fingerprint density at radius 1 is 1.05 bits per heavy atom. The molecule has 1 aliphatic rings. The molecule has 0 unspecified atom stereocenters. The van der Waals surface area contributed by atoms with Crippen LogP contribution in [0.5, 0.6) is 17.2 Å². The monoisotopic (exact) mass is 561 g/mol. The lowest BCUT2D eigenvalue weighted by Crippen LogP contribution is -2.49. The van der Waals surface area contributed by atoms with Crippen LogP contribution in [0.1, 0.15) is 45.6 Å². The zero-order chi connectivity index (χ0) is 28.6. The fourth-order valence-electron chi connectivity index (χ4n) is 4.17. The molecule has 214 valence electrons. The molecule has 0 aromatic heterocycles. The summed E-state index contributed by atoms with van der Waals surface area (Å²) in [7, 11) is -2.05. The molecule has 39 heavy (non-hydrogen) atoms. The summed E-state index contributed by atoms with van der Waals surface area (Å²) >= 11 is 0. The van der Waals surface area contributed by atoms with Crippen LogP contribution in [0.2, 0.25) is 0 Å². The van der Waals surface area contributed by atoms with Crippen molar-refractivity contribution >= 4 is 27.5 Å². The van der Waals surface area contributed by atoms with E-state index in [9.17, 15) is 18.0 Å². The third-order valence-electron chi connectivity index (χ3n) is 6.65. The number of rotatable bonds is 13. The van der Waals surface area contributed by atoms with E-state index in [1.165, 1.54) is 9.21 Å². The Hall–Kier alpha value is -3.47. The molecule has 11 heteroatoms. The van der Waals surface area contributed by atoms with Crippen molar-refractivity contribution in [2.75, 3.05) is 37.4 Å². The fourth-order valence-corrected chi connectivity index (χ4v) is 5.12. The second kappa shape index (κ2) is 13.5. The highest BCUT2D eigenvalue weighted by Gasteiger charge is 2.27. The van der Waals surface area contributed by atoms with E-state index in [1.807, 2.05) is 26.0 Å². The predicted octanol–water partition coefficient (Wildman–Crippen LogP) is 3.34. The second-order valence-electron chi connectivity index (χ2n) is 9.63. The zero-order valence-corrected chi connectivity index (χ0v) is 24.1. The number of benzene rings is 2. The summed E-state index contributed by atoms with van der Waals surface area (Å²) in [6.07, 6.45) is 2.22. The van der Waals surface area contributed by atoms with Crippen molar-refractivity contribution in [2.45, 2.75) is 58.7 Å². The Morgan fingerprint density at radius 3 is 2.33 bits per heavy atom. The lowest BCUT2D eigenvalue weighted by Gasteiger charge is -2.30. The van der Waals surface area contributed by atoms with Gasteiger partial charge in [-0.1, -0.05) is 19.1 Å². The molecular formula is C28H39N3O7S. The fraction of sp³-hybridized carbons (Fsp3) is 0.500. The number of sulfonamides is 1. The average molecular weight is 562 g/mol. The number of nitrogens with one attached hydrogen (secondary N) is 1. The smallest absolute Gasteiger partial charge is 0.242 e. The van der Waals surface area contributed by atoms with Crippen LogP contribution in [0.4, 0.5) is 5.69 Å². The van der Waals surface area contributed by atoms with E-state index in [0.29, 0.717) is 36.1 Å². The van der Waals surface area contributed by atoms with Crippen molar-refractivity contribution in [3.63, 3.8) is 0 Å². The summed E-state index contributed by atoms with van der Waals surface area (Å²) < 4.78 is 42.9. The molecule has 2 atom stereocenters. The highest BCUT2D eigenvalue weighted by molar-refractivity contribution is 7.92. The highest BCUT2D eigenvalue weighted by Crippen LogP contribution is 2.34. The Kier molecular flexibility index (Phi) is 10.4. The average Bonchev–Trinajstić information content (AvgIpc) is 2.92. The molecule has 0 saturated carbocycles. The maximum Gasteiger partial charge on any atom is 0.242 e. The van der Waals surface area contributed by atoms with Crippen LogP contribution in [-0.2, 0) is 26.2 Å². The van der Waals surface area contributed by atoms with Crippen LogP contribution in [0, 0.1) is 0 Å². The summed E-state index contributed by atoms with van der Waals surface area (Å²) in [5, 5.41) is 2.95. The van der Waals surface area contributed by atoms with E-state index in [0.717, 1.165) is 18.2 Å². The Bertz CT molecular complexity index is 1230. The number of hydrogen-bond donors (Lipinski definition) is 1. The van der Waals surface area contributed by atoms with Crippen LogP contribution in [-0.4, -0.2) is 70.3 Å². The van der Waals surface area contributed by atoms with E-state index in [1.54, 1.807) is 44.4 Å². The SMILES string of the molecule is CC[C@H](C)NC(=O)[C@H](C)N(Cc1ccc(OC)cc1)C(=O)CCCN(c1ccc2c(c1)OCCO2)S(C)(=O)=O. The largest absolute Gasteiger partial charge is 0.497 e. The van der Waals surface area contributed by atoms with Crippen molar-refractivity contribution in [1.82, 2.24) is 10.2 Å². The predicted molar refractivity (Wildman–Crippen MR) is 150 cm³/mol. The Balaban J connectivity index is 1.74. The number of amides is 2. The molecule has 1 aliphatic heterocycles. The number of ether oxygens (including phenoxy) is 3. The van der Waals surface area contributed by atoms with Crippen molar-refractivity contribution in [2.24, 2.45) is 0 Å². The minimum Gasteiger partial charge on any atom is -0.497 e. The van der Waals surface area contributed by atoms with Crippen LogP contribution < -0.4 is 23.8 Å². The lowest BCUT2D eigenvalue weighted by molar-refractivity contribution is -0.140. The van der Waals surface area contributed by atoms with Gasteiger partial charge in [-0.05, 0) is 56.5 Å². The molecule has 0 bridgehead atoms. The minimum atomic E-state index is -3.63. The first-order valence-electron chi connectivity index (χ1n) is 13.1. The molecule has 2 aromatic carbocycles. The summed E-state index contributed by atoms with van der Waals surface area (Å²) in [5.41, 5.74) is 1.28. The number of methoxy groups -OCH3 is 1. The Morgan fingerprint density at radius 2 is 1.72 bits per heavy atom. The normalized spacial score (nSPS) is 14.2. The zero-order valence-electron chi connectivity index (χ0n) is 23.3. The van der Waals surface area contributed by atoms with Gasteiger partial charge in [-0.25, -0.2) is 8.42 Å². The standard InChI is InChI=1S/C28H39N3O7S/c1-6-20(2)29-28(33)21(3)30(19-22-9-12-24(36-4)13-10-22)27(32)8-7-15-31(39(5,34)35)23-11-14-25-26(18-23)38-17-16-37-25/h9-14,18,20-21H,6-8,15-17,19H2,1-5H3,(H,29,33)/t20-,21-/m0/s1. The molecule has 0 radical (unpaired) electrons. The summed E-state index contributed by atoms with van der Waals surface area (Å²) in [4.78, 5) is 27.9. The molecule has 1 N–H and O–H groups in total. The second-order valence-corrected chi connectivity index (χ2v) is 11.5. The van der Waals surface area contributed by atoms with Gasteiger partial charge in [0.15, 0.2) is 11.5 Å². The van der Waals surface area contributed by atoms with Crippen molar-refractivity contribution < 1.29 is 32.2 Å².